The van der Waals surface area contributed by atoms with E-state index in [0.29, 0.717) is 5.02 Å². The van der Waals surface area contributed by atoms with E-state index in [1.54, 1.807) is 24.3 Å². The van der Waals surface area contributed by atoms with Gasteiger partial charge in [0.1, 0.15) is 17.7 Å². The predicted molar refractivity (Wildman–Crippen MR) is 66.8 cm³/mol. The van der Waals surface area contributed by atoms with E-state index >= 15 is 0 Å². The van der Waals surface area contributed by atoms with Gasteiger partial charge in [-0.2, -0.15) is 10.5 Å². The van der Waals surface area contributed by atoms with Crippen LogP contribution in [0.4, 0.5) is 5.69 Å². The topological polar surface area (TPSA) is 59.6 Å². The van der Waals surface area contributed by atoms with Crippen LogP contribution in [0.5, 0.6) is 0 Å². The first-order chi connectivity index (χ1) is 7.58. The molecule has 0 unspecified atom stereocenters. The minimum absolute atomic E-state index is 0.0150. The Morgan fingerprint density at radius 3 is 2.56 bits per heavy atom. The third-order valence-electron chi connectivity index (χ3n) is 1.85. The van der Waals surface area contributed by atoms with Crippen molar-refractivity contribution in [3.05, 3.63) is 39.0 Å². The summed E-state index contributed by atoms with van der Waals surface area (Å²) in [5.74, 6) is 0. The van der Waals surface area contributed by atoms with Crippen LogP contribution in [-0.4, -0.2) is 0 Å². The Morgan fingerprint density at radius 1 is 1.44 bits per heavy atom. The second kappa shape index (κ2) is 5.55. The number of aryl methyl sites for hydroxylation is 1. The maximum Gasteiger partial charge on any atom is 0.145 e. The maximum absolute atomic E-state index is 8.57. The second-order valence-corrected chi connectivity index (χ2v) is 4.30. The molecule has 0 spiro atoms. The van der Waals surface area contributed by atoms with Gasteiger partial charge in [0.15, 0.2) is 0 Å². The standard InChI is InChI=1S/C11H7BrClN3/c1-7-2-9(13)3-10(12)11(7)16-6-8(4-14)5-15/h2-3,6,16H,1H3. The predicted octanol–water partition coefficient (Wildman–Crippen LogP) is 3.75. The minimum Gasteiger partial charge on any atom is -0.359 e. The molecule has 0 aliphatic heterocycles. The quantitative estimate of drug-likeness (QED) is 0.845. The highest BCUT2D eigenvalue weighted by Crippen LogP contribution is 2.30. The lowest BCUT2D eigenvalue weighted by Crippen LogP contribution is -1.94. The molecule has 16 heavy (non-hydrogen) atoms. The molecular weight excluding hydrogens is 289 g/mol. The van der Waals surface area contributed by atoms with E-state index in [0.717, 1.165) is 15.7 Å². The first kappa shape index (κ1) is 12.6. The molecule has 3 nitrogen and oxygen atoms in total. The third-order valence-corrected chi connectivity index (χ3v) is 2.70. The van der Waals surface area contributed by atoms with Crippen molar-refractivity contribution in [2.24, 2.45) is 0 Å². The number of benzene rings is 1. The van der Waals surface area contributed by atoms with Gasteiger partial charge < -0.3 is 5.32 Å². The van der Waals surface area contributed by atoms with E-state index < -0.39 is 0 Å². The molecule has 0 aromatic heterocycles. The lowest BCUT2D eigenvalue weighted by atomic mass is 10.2. The van der Waals surface area contributed by atoms with Crippen LogP contribution in [0.1, 0.15) is 5.56 Å². The van der Waals surface area contributed by atoms with Crippen molar-refractivity contribution in [2.75, 3.05) is 5.32 Å². The van der Waals surface area contributed by atoms with E-state index in [1.807, 2.05) is 6.92 Å². The summed E-state index contributed by atoms with van der Waals surface area (Å²) in [4.78, 5) is 0. The largest absolute Gasteiger partial charge is 0.359 e. The van der Waals surface area contributed by atoms with Gasteiger partial charge >= 0.3 is 0 Å². The zero-order valence-electron chi connectivity index (χ0n) is 8.38. The van der Waals surface area contributed by atoms with Crippen LogP contribution in [0.3, 0.4) is 0 Å². The van der Waals surface area contributed by atoms with Crippen LogP contribution >= 0.6 is 27.5 Å². The molecule has 0 heterocycles. The molecule has 0 aliphatic carbocycles. The number of halogens is 2. The van der Waals surface area contributed by atoms with Crippen molar-refractivity contribution >= 4 is 33.2 Å². The van der Waals surface area contributed by atoms with E-state index in [4.69, 9.17) is 22.1 Å². The van der Waals surface area contributed by atoms with Crippen LogP contribution in [0.15, 0.2) is 28.4 Å². The number of nitrogens with one attached hydrogen (secondary N) is 1. The highest BCUT2D eigenvalue weighted by Gasteiger charge is 2.04. The number of hydrogen-bond donors (Lipinski definition) is 1. The fraction of sp³-hybridized carbons (Fsp3) is 0.0909. The molecule has 0 saturated carbocycles. The van der Waals surface area contributed by atoms with Gasteiger partial charge in [-0.15, -0.1) is 0 Å². The van der Waals surface area contributed by atoms with Gasteiger partial charge in [-0.3, -0.25) is 0 Å². The molecule has 0 amide bonds. The van der Waals surface area contributed by atoms with Gasteiger partial charge in [-0.25, -0.2) is 0 Å². The Balaban J connectivity index is 3.05. The number of allylic oxidation sites excluding steroid dienone is 1. The summed E-state index contributed by atoms with van der Waals surface area (Å²) in [5.41, 5.74) is 1.72. The van der Waals surface area contributed by atoms with E-state index in [9.17, 15) is 0 Å². The molecule has 0 atom stereocenters. The van der Waals surface area contributed by atoms with E-state index in [1.165, 1.54) is 6.20 Å². The highest BCUT2D eigenvalue weighted by molar-refractivity contribution is 9.10. The van der Waals surface area contributed by atoms with Crippen LogP contribution in [0, 0.1) is 29.6 Å². The molecule has 0 fully saturated rings. The number of anilines is 1. The van der Waals surface area contributed by atoms with Crippen molar-refractivity contribution in [2.45, 2.75) is 6.92 Å². The summed E-state index contributed by atoms with van der Waals surface area (Å²) in [7, 11) is 0. The SMILES string of the molecule is Cc1cc(Cl)cc(Br)c1NC=C(C#N)C#N. The summed E-state index contributed by atoms with van der Waals surface area (Å²) in [6.07, 6.45) is 1.36. The van der Waals surface area contributed by atoms with Gasteiger partial charge in [0.05, 0.1) is 5.69 Å². The Morgan fingerprint density at radius 2 is 2.06 bits per heavy atom. The van der Waals surface area contributed by atoms with Gasteiger partial charge in [-0.05, 0) is 40.5 Å². The zero-order valence-corrected chi connectivity index (χ0v) is 10.7. The number of hydrogen-bond acceptors (Lipinski definition) is 3. The van der Waals surface area contributed by atoms with Gasteiger partial charge in [0.25, 0.3) is 0 Å². The molecule has 0 saturated heterocycles. The lowest BCUT2D eigenvalue weighted by Gasteiger charge is -2.08. The summed E-state index contributed by atoms with van der Waals surface area (Å²) < 4.78 is 0.781. The summed E-state index contributed by atoms with van der Waals surface area (Å²) in [5, 5.41) is 20.7. The van der Waals surface area contributed by atoms with Gasteiger partial charge in [0, 0.05) is 15.7 Å². The number of nitriles is 2. The molecule has 0 bridgehead atoms. The lowest BCUT2D eigenvalue weighted by molar-refractivity contribution is 1.40. The molecule has 1 aromatic carbocycles. The van der Waals surface area contributed by atoms with Gasteiger partial charge in [0.2, 0.25) is 0 Å². The molecule has 80 valence electrons. The Kier molecular flexibility index (Phi) is 4.37. The summed E-state index contributed by atoms with van der Waals surface area (Å²) >= 11 is 9.21. The first-order valence-corrected chi connectivity index (χ1v) is 5.48. The Bertz CT molecular complexity index is 484. The zero-order chi connectivity index (χ0) is 12.1. The van der Waals surface area contributed by atoms with Crippen molar-refractivity contribution in [1.29, 1.82) is 10.5 Å². The molecule has 5 heteroatoms. The summed E-state index contributed by atoms with van der Waals surface area (Å²) in [6.45, 7) is 1.88. The Labute approximate surface area is 107 Å². The van der Waals surface area contributed by atoms with Crippen molar-refractivity contribution in [3.8, 4) is 12.1 Å². The molecular formula is C11H7BrClN3. The van der Waals surface area contributed by atoms with E-state index in [2.05, 4.69) is 21.2 Å². The van der Waals surface area contributed by atoms with Crippen LogP contribution in [0.2, 0.25) is 5.02 Å². The molecule has 0 aliphatic rings. The third kappa shape index (κ3) is 3.00. The molecule has 0 radical (unpaired) electrons. The van der Waals surface area contributed by atoms with E-state index in [-0.39, 0.29) is 5.57 Å². The normalized spacial score (nSPS) is 8.81. The molecule has 1 N–H and O–H groups in total. The monoisotopic (exact) mass is 295 g/mol. The van der Waals surface area contributed by atoms with Crippen molar-refractivity contribution in [1.82, 2.24) is 0 Å². The first-order valence-electron chi connectivity index (χ1n) is 4.31. The van der Waals surface area contributed by atoms with Gasteiger partial charge in [-0.1, -0.05) is 11.6 Å². The van der Waals surface area contributed by atoms with Crippen molar-refractivity contribution in [3.63, 3.8) is 0 Å². The average Bonchev–Trinajstić information content (AvgIpc) is 2.22. The highest BCUT2D eigenvalue weighted by atomic mass is 79.9. The minimum atomic E-state index is 0.0150. The van der Waals surface area contributed by atoms with Crippen LogP contribution < -0.4 is 5.32 Å². The van der Waals surface area contributed by atoms with Crippen LogP contribution in [0.25, 0.3) is 0 Å². The number of nitrogens with zero attached hydrogens (tertiary/aromatic N) is 2. The second-order valence-electron chi connectivity index (χ2n) is 3.01. The smallest absolute Gasteiger partial charge is 0.145 e. The Hall–Kier alpha value is -1.49. The fourth-order valence-corrected chi connectivity index (χ4v) is 2.20. The number of rotatable bonds is 2. The maximum atomic E-state index is 8.57. The molecule has 1 aromatic rings. The fourth-order valence-electron chi connectivity index (χ4n) is 1.12. The molecule has 1 rings (SSSR count). The van der Waals surface area contributed by atoms with Crippen molar-refractivity contribution < 1.29 is 0 Å². The summed E-state index contributed by atoms with van der Waals surface area (Å²) in [6, 6.07) is 7.07. The average molecular weight is 297 g/mol. The van der Waals surface area contributed by atoms with Crippen LogP contribution in [-0.2, 0) is 0 Å².